The Bertz CT molecular complexity index is 629. The summed E-state index contributed by atoms with van der Waals surface area (Å²) in [6.45, 7) is 4.91. The van der Waals surface area contributed by atoms with E-state index in [1.54, 1.807) is 11.8 Å². The first-order valence-corrected chi connectivity index (χ1v) is 9.98. The zero-order valence-electron chi connectivity index (χ0n) is 16.0. The molecule has 3 nitrogen and oxygen atoms in total. The molecule has 0 radical (unpaired) electrons. The third kappa shape index (κ3) is 6.92. The van der Waals surface area contributed by atoms with Gasteiger partial charge >= 0.3 is 0 Å². The Labute approximate surface area is 156 Å². The fourth-order valence-corrected chi connectivity index (χ4v) is 2.99. The molecule has 0 aromatic heterocycles. The van der Waals surface area contributed by atoms with Crippen molar-refractivity contribution in [3.05, 3.63) is 65.7 Å². The van der Waals surface area contributed by atoms with Crippen LogP contribution in [0.5, 0.6) is 5.75 Å². The van der Waals surface area contributed by atoms with Gasteiger partial charge in [-0.25, -0.2) is 0 Å². The summed E-state index contributed by atoms with van der Waals surface area (Å²) in [5.41, 5.74) is 2.29. The van der Waals surface area contributed by atoms with Gasteiger partial charge in [0.1, 0.15) is 11.9 Å². The molecule has 4 heteroatoms. The predicted octanol–water partition coefficient (Wildman–Crippen LogP) is 5.18. The molecule has 2 rings (SSSR count). The Kier molecular flexibility index (Phi) is 10.7. The molecule has 1 unspecified atom stereocenters. The minimum Gasteiger partial charge on any atom is -0.486 e. The lowest BCUT2D eigenvalue weighted by Gasteiger charge is -2.20. The molecule has 1 N–H and O–H groups in total. The van der Waals surface area contributed by atoms with E-state index in [9.17, 15) is 0 Å². The van der Waals surface area contributed by atoms with Gasteiger partial charge in [0.15, 0.2) is 0 Å². The molecule has 0 saturated heterocycles. The number of hydrogen-bond donors (Lipinski definition) is 1. The summed E-state index contributed by atoms with van der Waals surface area (Å²) >= 11 is 1.65. The maximum absolute atomic E-state index is 6.28. The van der Waals surface area contributed by atoms with Gasteiger partial charge in [0.25, 0.3) is 0 Å². The van der Waals surface area contributed by atoms with E-state index in [2.05, 4.69) is 46.7 Å². The summed E-state index contributed by atoms with van der Waals surface area (Å²) < 4.78 is 6.28. The van der Waals surface area contributed by atoms with Crippen molar-refractivity contribution >= 4 is 16.8 Å². The van der Waals surface area contributed by atoms with Crippen LogP contribution in [0, 0.1) is 0 Å². The number of aliphatic imine (C=N–C) groups is 1. The molecule has 0 fully saturated rings. The normalized spacial score (nSPS) is 12.1. The van der Waals surface area contributed by atoms with Gasteiger partial charge in [-0.2, -0.15) is 0 Å². The van der Waals surface area contributed by atoms with Crippen molar-refractivity contribution < 1.29 is 4.74 Å². The van der Waals surface area contributed by atoms with E-state index < -0.39 is 0 Å². The molecule has 0 aliphatic heterocycles. The highest BCUT2D eigenvalue weighted by Gasteiger charge is 2.13. The summed E-state index contributed by atoms with van der Waals surface area (Å²) in [6, 6.07) is 18.5. The van der Waals surface area contributed by atoms with Gasteiger partial charge in [0, 0.05) is 19.0 Å². The standard InChI is InChI=1S/C19H24N2OS.C2H6/c1-20-13-12-18(15-8-5-4-6-9-15)22-17-11-7-10-16(14-17)19(21-2)23-3;1-2/h4-11,14,18,20H,12-13H2,1-3H3;1-2H3. The first-order valence-electron chi connectivity index (χ1n) is 8.76. The van der Waals surface area contributed by atoms with E-state index in [0.717, 1.165) is 29.3 Å². The summed E-state index contributed by atoms with van der Waals surface area (Å²) in [6.07, 6.45) is 2.99. The Balaban J connectivity index is 0.00000151. The molecule has 0 amide bonds. The van der Waals surface area contributed by atoms with Crippen LogP contribution in [-0.2, 0) is 0 Å². The molecule has 2 aromatic carbocycles. The Hall–Kier alpha value is -1.78. The second-order valence-corrected chi connectivity index (χ2v) is 5.97. The van der Waals surface area contributed by atoms with Gasteiger partial charge in [0.2, 0.25) is 0 Å². The van der Waals surface area contributed by atoms with Crippen LogP contribution in [0.1, 0.15) is 37.5 Å². The van der Waals surface area contributed by atoms with Crippen LogP contribution in [0.15, 0.2) is 59.6 Å². The van der Waals surface area contributed by atoms with Crippen molar-refractivity contribution in [2.45, 2.75) is 26.4 Å². The van der Waals surface area contributed by atoms with Crippen LogP contribution < -0.4 is 10.1 Å². The van der Waals surface area contributed by atoms with Crippen LogP contribution in [0.25, 0.3) is 0 Å². The van der Waals surface area contributed by atoms with E-state index in [4.69, 9.17) is 4.74 Å². The van der Waals surface area contributed by atoms with Gasteiger partial charge in [-0.15, -0.1) is 11.8 Å². The number of rotatable bonds is 7. The molecule has 0 heterocycles. The molecular weight excluding hydrogens is 328 g/mol. The van der Waals surface area contributed by atoms with Crippen molar-refractivity contribution in [1.29, 1.82) is 0 Å². The van der Waals surface area contributed by atoms with Gasteiger partial charge in [-0.1, -0.05) is 56.3 Å². The van der Waals surface area contributed by atoms with E-state index in [1.165, 1.54) is 5.56 Å². The summed E-state index contributed by atoms with van der Waals surface area (Å²) in [5.74, 6) is 0.877. The number of benzene rings is 2. The van der Waals surface area contributed by atoms with Crippen LogP contribution >= 0.6 is 11.8 Å². The third-order valence-corrected chi connectivity index (χ3v) is 4.39. The number of nitrogens with one attached hydrogen (secondary N) is 1. The fraction of sp³-hybridized carbons (Fsp3) is 0.381. The van der Waals surface area contributed by atoms with E-state index in [1.807, 2.05) is 52.4 Å². The van der Waals surface area contributed by atoms with Gasteiger partial charge in [0.05, 0.1) is 5.04 Å². The molecule has 0 spiro atoms. The van der Waals surface area contributed by atoms with E-state index in [-0.39, 0.29) is 6.10 Å². The lowest BCUT2D eigenvalue weighted by molar-refractivity contribution is 0.195. The smallest absolute Gasteiger partial charge is 0.125 e. The predicted molar refractivity (Wildman–Crippen MR) is 112 cm³/mol. The molecular formula is C21H30N2OS. The zero-order chi connectivity index (χ0) is 18.5. The molecule has 0 aliphatic rings. The fourth-order valence-electron chi connectivity index (χ4n) is 2.44. The molecule has 25 heavy (non-hydrogen) atoms. The van der Waals surface area contributed by atoms with Crippen molar-refractivity contribution in [3.63, 3.8) is 0 Å². The highest BCUT2D eigenvalue weighted by molar-refractivity contribution is 8.13. The van der Waals surface area contributed by atoms with Crippen LogP contribution in [0.4, 0.5) is 0 Å². The second-order valence-electron chi connectivity index (χ2n) is 5.17. The van der Waals surface area contributed by atoms with Crippen LogP contribution in [0.3, 0.4) is 0 Å². The van der Waals surface area contributed by atoms with Gasteiger partial charge < -0.3 is 10.1 Å². The molecule has 0 saturated carbocycles. The van der Waals surface area contributed by atoms with Crippen LogP contribution in [0.2, 0.25) is 0 Å². The largest absolute Gasteiger partial charge is 0.486 e. The minimum atomic E-state index is 0.0372. The first kappa shape index (κ1) is 21.3. The topological polar surface area (TPSA) is 33.6 Å². The summed E-state index contributed by atoms with van der Waals surface area (Å²) in [5, 5.41) is 4.21. The number of hydrogen-bond acceptors (Lipinski definition) is 4. The third-order valence-electron chi connectivity index (χ3n) is 3.58. The molecule has 0 aliphatic carbocycles. The molecule has 0 bridgehead atoms. The quantitative estimate of drug-likeness (QED) is 0.547. The van der Waals surface area contributed by atoms with Crippen LogP contribution in [-0.4, -0.2) is 31.9 Å². The Morgan fingerprint density at radius 3 is 2.44 bits per heavy atom. The first-order chi connectivity index (χ1) is 12.3. The number of nitrogens with zero attached hydrogens (tertiary/aromatic N) is 1. The molecule has 136 valence electrons. The highest BCUT2D eigenvalue weighted by Crippen LogP contribution is 2.26. The molecule has 1 atom stereocenters. The Morgan fingerprint density at radius 1 is 1.12 bits per heavy atom. The van der Waals surface area contributed by atoms with Crippen molar-refractivity contribution in [3.8, 4) is 5.75 Å². The summed E-state index contributed by atoms with van der Waals surface area (Å²) in [4.78, 5) is 4.32. The van der Waals surface area contributed by atoms with E-state index in [0.29, 0.717) is 0 Å². The SMILES string of the molecule is CC.CN=C(SC)c1cccc(OC(CCNC)c2ccccc2)c1. The lowest BCUT2D eigenvalue weighted by atomic mass is 10.1. The maximum Gasteiger partial charge on any atom is 0.125 e. The number of ether oxygens (including phenoxy) is 1. The number of thioether (sulfide) groups is 1. The molecule has 2 aromatic rings. The van der Waals surface area contributed by atoms with Gasteiger partial charge in [-0.3, -0.25) is 4.99 Å². The zero-order valence-corrected chi connectivity index (χ0v) is 16.8. The van der Waals surface area contributed by atoms with Crippen molar-refractivity contribution in [2.24, 2.45) is 4.99 Å². The second kappa shape index (κ2) is 12.6. The summed E-state index contributed by atoms with van der Waals surface area (Å²) in [7, 11) is 3.78. The monoisotopic (exact) mass is 358 g/mol. The Morgan fingerprint density at radius 2 is 1.84 bits per heavy atom. The lowest BCUT2D eigenvalue weighted by Crippen LogP contribution is -2.16. The van der Waals surface area contributed by atoms with Crippen molar-refractivity contribution in [1.82, 2.24) is 5.32 Å². The van der Waals surface area contributed by atoms with Gasteiger partial charge in [-0.05, 0) is 37.5 Å². The van der Waals surface area contributed by atoms with E-state index >= 15 is 0 Å². The minimum absolute atomic E-state index is 0.0372. The average molecular weight is 359 g/mol. The average Bonchev–Trinajstić information content (AvgIpc) is 2.69. The van der Waals surface area contributed by atoms with Crippen molar-refractivity contribution in [2.75, 3.05) is 26.9 Å². The highest BCUT2D eigenvalue weighted by atomic mass is 32.2. The maximum atomic E-state index is 6.28.